The summed E-state index contributed by atoms with van der Waals surface area (Å²) in [5.74, 6) is -1.19. The highest BCUT2D eigenvalue weighted by molar-refractivity contribution is 6.74. The van der Waals surface area contributed by atoms with Gasteiger partial charge >= 0.3 is 5.97 Å². The van der Waals surface area contributed by atoms with E-state index in [9.17, 15) is 9.59 Å². The fourth-order valence-corrected chi connectivity index (χ4v) is 1.93. The Hall–Kier alpha value is -1.04. The van der Waals surface area contributed by atoms with Gasteiger partial charge in [0.15, 0.2) is 0 Å². The number of nitrogens with one attached hydrogen (secondary N) is 1. The van der Waals surface area contributed by atoms with Gasteiger partial charge in [-0.05, 0) is 6.42 Å². The summed E-state index contributed by atoms with van der Waals surface area (Å²) in [5.41, 5.74) is 0. The molecule has 5 nitrogen and oxygen atoms in total. The van der Waals surface area contributed by atoms with Crippen molar-refractivity contribution >= 4 is 18.4 Å². The molecule has 0 aliphatic carbocycles. The lowest BCUT2D eigenvalue weighted by atomic mass is 9.48. The van der Waals surface area contributed by atoms with Crippen LogP contribution in [0, 0.1) is 0 Å². The fourth-order valence-electron chi connectivity index (χ4n) is 1.93. The Morgan fingerprint density at radius 2 is 2.13 bits per heavy atom. The SMILES string of the molecule is CC[B-]1(CC)N[C@@H](CCC(=O)O)C(=O)O1. The maximum absolute atomic E-state index is 11.5. The van der Waals surface area contributed by atoms with E-state index in [-0.39, 0.29) is 12.4 Å². The summed E-state index contributed by atoms with van der Waals surface area (Å²) in [7, 11) is 0. The van der Waals surface area contributed by atoms with E-state index in [0.29, 0.717) is 6.42 Å². The molecule has 0 aromatic carbocycles. The van der Waals surface area contributed by atoms with Crippen molar-refractivity contribution in [3.05, 3.63) is 0 Å². The summed E-state index contributed by atoms with van der Waals surface area (Å²) in [6.45, 7) is 2.67. The lowest BCUT2D eigenvalue weighted by molar-refractivity contribution is -0.137. The largest absolute Gasteiger partial charge is 0.674 e. The van der Waals surface area contributed by atoms with Crippen LogP contribution in [0.15, 0.2) is 0 Å². The van der Waals surface area contributed by atoms with E-state index in [1.165, 1.54) is 0 Å². The fraction of sp³-hybridized carbons (Fsp3) is 0.778. The minimum absolute atomic E-state index is 0.00758. The molecule has 1 rings (SSSR count). The summed E-state index contributed by atoms with van der Waals surface area (Å²) in [6, 6.07) is -0.444. The highest BCUT2D eigenvalue weighted by Gasteiger charge is 2.38. The van der Waals surface area contributed by atoms with Gasteiger partial charge < -0.3 is 15.0 Å². The molecule has 1 atom stereocenters. The Balaban J connectivity index is 2.55. The smallest absolute Gasteiger partial charge is 0.303 e. The highest BCUT2D eigenvalue weighted by atomic mass is 16.5. The van der Waals surface area contributed by atoms with Crippen molar-refractivity contribution in [1.82, 2.24) is 5.23 Å². The van der Waals surface area contributed by atoms with Crippen LogP contribution in [0.1, 0.15) is 26.7 Å². The molecule has 0 radical (unpaired) electrons. The second-order valence-electron chi connectivity index (χ2n) is 4.05. The van der Waals surface area contributed by atoms with E-state index in [1.807, 2.05) is 13.8 Å². The standard InChI is InChI=1S/C9H17BNO4/c1-3-10(4-2)11-7(9(14)15-10)5-6-8(12)13/h7,11H,3-6H2,1-2H3,(H,12,13)/q-1/t7-/m0/s1. The van der Waals surface area contributed by atoms with Gasteiger partial charge in [0.1, 0.15) is 0 Å². The molecule has 1 fully saturated rings. The Bertz CT molecular complexity index is 265. The molecule has 86 valence electrons. The molecule has 2 N–H and O–H groups in total. The van der Waals surface area contributed by atoms with E-state index >= 15 is 0 Å². The zero-order valence-electron chi connectivity index (χ0n) is 9.16. The Labute approximate surface area is 89.1 Å². The van der Waals surface area contributed by atoms with Crippen molar-refractivity contribution in [3.8, 4) is 0 Å². The number of hydrogen-bond acceptors (Lipinski definition) is 4. The second kappa shape index (κ2) is 4.66. The number of rotatable bonds is 5. The minimum Gasteiger partial charge on any atom is -0.674 e. The first-order valence-electron chi connectivity index (χ1n) is 5.43. The number of carbonyl (C=O) groups is 2. The molecule has 0 unspecified atom stereocenters. The molecule has 1 heterocycles. The first-order chi connectivity index (χ1) is 7.03. The zero-order chi connectivity index (χ0) is 11.5. The summed E-state index contributed by atoms with van der Waals surface area (Å²) >= 11 is 0. The first-order valence-corrected chi connectivity index (χ1v) is 5.43. The average Bonchev–Trinajstić information content (AvgIpc) is 2.53. The number of aliphatic carboxylic acids is 1. The van der Waals surface area contributed by atoms with E-state index in [4.69, 9.17) is 9.76 Å². The Morgan fingerprint density at radius 1 is 1.53 bits per heavy atom. The molecular weight excluding hydrogens is 197 g/mol. The predicted octanol–water partition coefficient (Wildman–Crippen LogP) is 0.848. The molecule has 0 spiro atoms. The van der Waals surface area contributed by atoms with E-state index < -0.39 is 18.5 Å². The summed E-state index contributed by atoms with van der Waals surface area (Å²) in [4.78, 5) is 21.8. The number of carboxylic acids is 1. The topological polar surface area (TPSA) is 75.6 Å². The van der Waals surface area contributed by atoms with Crippen LogP contribution in [0.3, 0.4) is 0 Å². The van der Waals surface area contributed by atoms with Crippen molar-refractivity contribution in [1.29, 1.82) is 0 Å². The van der Waals surface area contributed by atoms with Gasteiger partial charge in [-0.1, -0.05) is 13.8 Å². The van der Waals surface area contributed by atoms with Crippen molar-refractivity contribution in [2.24, 2.45) is 0 Å². The van der Waals surface area contributed by atoms with E-state index in [0.717, 1.165) is 12.6 Å². The summed E-state index contributed by atoms with van der Waals surface area (Å²) in [5, 5.41) is 11.7. The van der Waals surface area contributed by atoms with Gasteiger partial charge in [-0.3, -0.25) is 9.59 Å². The Kier molecular flexibility index (Phi) is 3.74. The summed E-state index contributed by atoms with van der Waals surface area (Å²) in [6.07, 6.45) is 1.81. The van der Waals surface area contributed by atoms with Crippen molar-refractivity contribution in [2.75, 3.05) is 0 Å². The van der Waals surface area contributed by atoms with Crippen LogP contribution in [-0.2, 0) is 14.2 Å². The summed E-state index contributed by atoms with van der Waals surface area (Å²) < 4.78 is 5.31. The maximum atomic E-state index is 11.5. The number of hydrogen-bond donors (Lipinski definition) is 2. The molecule has 0 bridgehead atoms. The quantitative estimate of drug-likeness (QED) is 0.663. The molecule has 0 amide bonds. The molecule has 1 aliphatic rings. The van der Waals surface area contributed by atoms with Crippen molar-refractivity contribution in [2.45, 2.75) is 45.4 Å². The number of carboxylic acid groups (broad SMARTS) is 1. The van der Waals surface area contributed by atoms with Crippen LogP contribution in [0.4, 0.5) is 0 Å². The lowest BCUT2D eigenvalue weighted by Crippen LogP contribution is -2.48. The van der Waals surface area contributed by atoms with Crippen LogP contribution >= 0.6 is 0 Å². The zero-order valence-corrected chi connectivity index (χ0v) is 9.16. The van der Waals surface area contributed by atoms with Gasteiger partial charge in [-0.2, -0.15) is 0 Å². The lowest BCUT2D eigenvalue weighted by Gasteiger charge is -2.32. The maximum Gasteiger partial charge on any atom is 0.303 e. The highest BCUT2D eigenvalue weighted by Crippen LogP contribution is 2.23. The number of carbonyl (C=O) groups excluding carboxylic acids is 1. The predicted molar refractivity (Wildman–Crippen MR) is 56.6 cm³/mol. The van der Waals surface area contributed by atoms with Crippen LogP contribution in [0.2, 0.25) is 12.6 Å². The minimum atomic E-state index is -1.25. The van der Waals surface area contributed by atoms with E-state index in [1.54, 1.807) is 0 Å². The van der Waals surface area contributed by atoms with E-state index in [2.05, 4.69) is 5.23 Å². The van der Waals surface area contributed by atoms with Crippen molar-refractivity contribution in [3.63, 3.8) is 0 Å². The molecule has 0 aromatic rings. The molecule has 1 saturated heterocycles. The third-order valence-corrected chi connectivity index (χ3v) is 3.10. The van der Waals surface area contributed by atoms with Gasteiger partial charge in [-0.15, -0.1) is 12.6 Å². The van der Waals surface area contributed by atoms with Crippen LogP contribution in [0.5, 0.6) is 0 Å². The van der Waals surface area contributed by atoms with Crippen LogP contribution < -0.4 is 5.23 Å². The molecule has 0 saturated carbocycles. The van der Waals surface area contributed by atoms with Gasteiger partial charge in [0.25, 0.3) is 5.97 Å². The van der Waals surface area contributed by atoms with Gasteiger partial charge in [0, 0.05) is 6.42 Å². The van der Waals surface area contributed by atoms with Gasteiger partial charge in [0.2, 0.25) is 6.48 Å². The third kappa shape index (κ3) is 2.71. The van der Waals surface area contributed by atoms with Crippen LogP contribution in [0.25, 0.3) is 0 Å². The second-order valence-corrected chi connectivity index (χ2v) is 4.05. The van der Waals surface area contributed by atoms with Gasteiger partial charge in [-0.25, -0.2) is 0 Å². The molecule has 0 aromatic heterocycles. The molecule has 15 heavy (non-hydrogen) atoms. The Morgan fingerprint density at radius 3 is 2.53 bits per heavy atom. The molecule has 6 heteroatoms. The monoisotopic (exact) mass is 214 g/mol. The average molecular weight is 214 g/mol. The molecular formula is C9H17BNO4-. The van der Waals surface area contributed by atoms with Gasteiger partial charge in [0.05, 0.1) is 6.04 Å². The van der Waals surface area contributed by atoms with Crippen molar-refractivity contribution < 1.29 is 19.3 Å². The van der Waals surface area contributed by atoms with Crippen LogP contribution in [-0.4, -0.2) is 29.6 Å². The first kappa shape index (κ1) is 12.0. The molecule has 1 aliphatic heterocycles. The third-order valence-electron chi connectivity index (χ3n) is 3.10. The normalized spacial score (nSPS) is 23.9.